The van der Waals surface area contributed by atoms with E-state index in [0.29, 0.717) is 29.3 Å². The normalized spacial score (nSPS) is 13.5. The number of anilines is 2. The highest BCUT2D eigenvalue weighted by molar-refractivity contribution is 6.46. The van der Waals surface area contributed by atoms with E-state index in [4.69, 9.17) is 9.47 Å². The Hall–Kier alpha value is -4.13. The molecule has 2 amide bonds. The summed E-state index contributed by atoms with van der Waals surface area (Å²) in [4.78, 5) is 30.2. The number of imide groups is 1. The number of methoxy groups -OCH3 is 2. The van der Waals surface area contributed by atoms with Crippen LogP contribution in [-0.4, -0.2) is 32.6 Å². The molecule has 0 unspecified atom stereocenters. The Morgan fingerprint density at radius 1 is 0.848 bits per heavy atom. The molecule has 0 aromatic heterocycles. The first-order chi connectivity index (χ1) is 16.0. The average molecular weight is 446 g/mol. The predicted molar refractivity (Wildman–Crippen MR) is 125 cm³/mol. The van der Waals surface area contributed by atoms with E-state index in [1.807, 2.05) is 37.3 Å². The van der Waals surface area contributed by atoms with Crippen molar-refractivity contribution in [2.45, 2.75) is 6.92 Å². The second kappa shape index (κ2) is 9.16. The Labute approximate surface area is 191 Å². The number of amides is 2. The molecule has 0 radical (unpaired) electrons. The van der Waals surface area contributed by atoms with Gasteiger partial charge in [-0.2, -0.15) is 0 Å². The number of halogens is 1. The van der Waals surface area contributed by atoms with Gasteiger partial charge in [0.2, 0.25) is 0 Å². The number of ether oxygens (including phenoxy) is 2. The quantitative estimate of drug-likeness (QED) is 0.495. The summed E-state index contributed by atoms with van der Waals surface area (Å²) in [5.41, 5.74) is 2.06. The highest BCUT2D eigenvalue weighted by atomic mass is 19.1. The lowest BCUT2D eigenvalue weighted by Crippen LogP contribution is -2.35. The largest absolute Gasteiger partial charge is 0.493 e. The molecule has 1 heterocycles. The molecule has 4 rings (SSSR count). The van der Waals surface area contributed by atoms with Gasteiger partial charge < -0.3 is 14.4 Å². The van der Waals surface area contributed by atoms with E-state index in [1.54, 1.807) is 23.1 Å². The van der Waals surface area contributed by atoms with Gasteiger partial charge in [0.1, 0.15) is 11.5 Å². The third-order valence-corrected chi connectivity index (χ3v) is 5.47. The van der Waals surface area contributed by atoms with E-state index in [2.05, 4.69) is 0 Å². The number of carbonyl (C=O) groups is 2. The predicted octanol–water partition coefficient (Wildman–Crippen LogP) is 4.65. The Balaban J connectivity index is 1.92. The average Bonchev–Trinajstić information content (AvgIpc) is 3.10. The van der Waals surface area contributed by atoms with Crippen LogP contribution in [0, 0.1) is 5.82 Å². The fourth-order valence-electron chi connectivity index (χ4n) is 3.92. The van der Waals surface area contributed by atoms with E-state index in [-0.39, 0.29) is 11.3 Å². The van der Waals surface area contributed by atoms with Crippen molar-refractivity contribution in [3.05, 3.63) is 89.9 Å². The van der Waals surface area contributed by atoms with Crippen LogP contribution in [0.25, 0.3) is 5.57 Å². The van der Waals surface area contributed by atoms with E-state index >= 15 is 0 Å². The Kier molecular flexibility index (Phi) is 6.13. The molecule has 3 aromatic rings. The molecule has 168 valence electrons. The number of nitrogens with zero attached hydrogens (tertiary/aromatic N) is 2. The van der Waals surface area contributed by atoms with Gasteiger partial charge in [0.05, 0.1) is 25.5 Å². The molecule has 0 bridgehead atoms. The van der Waals surface area contributed by atoms with Crippen LogP contribution in [0.1, 0.15) is 12.5 Å². The molecule has 0 N–H and O–H groups in total. The fraction of sp³-hybridized carbons (Fsp3) is 0.154. The van der Waals surface area contributed by atoms with Gasteiger partial charge in [-0.15, -0.1) is 0 Å². The van der Waals surface area contributed by atoms with Gasteiger partial charge in [0, 0.05) is 12.2 Å². The molecule has 0 saturated heterocycles. The summed E-state index contributed by atoms with van der Waals surface area (Å²) < 4.78 is 24.2. The number of rotatable bonds is 7. The van der Waals surface area contributed by atoms with Crippen molar-refractivity contribution in [3.63, 3.8) is 0 Å². The molecule has 33 heavy (non-hydrogen) atoms. The fourth-order valence-corrected chi connectivity index (χ4v) is 3.92. The van der Waals surface area contributed by atoms with Gasteiger partial charge in [-0.3, -0.25) is 9.59 Å². The van der Waals surface area contributed by atoms with Crippen LogP contribution < -0.4 is 19.3 Å². The summed E-state index contributed by atoms with van der Waals surface area (Å²) in [5.74, 6) is -0.494. The molecule has 6 nitrogen and oxygen atoms in total. The lowest BCUT2D eigenvalue weighted by Gasteiger charge is -2.25. The lowest BCUT2D eigenvalue weighted by molar-refractivity contribution is -0.120. The SMILES string of the molecule is CCN(C1=C(c2ccc(OC)c(OC)c2)C(=O)N(c2ccc(F)cc2)C1=O)c1ccccc1. The highest BCUT2D eigenvalue weighted by Crippen LogP contribution is 2.39. The summed E-state index contributed by atoms with van der Waals surface area (Å²) >= 11 is 0. The van der Waals surface area contributed by atoms with Crippen LogP contribution in [-0.2, 0) is 9.59 Å². The first-order valence-corrected chi connectivity index (χ1v) is 10.4. The minimum absolute atomic E-state index is 0.232. The molecule has 0 saturated carbocycles. The zero-order chi connectivity index (χ0) is 23.5. The summed E-state index contributed by atoms with van der Waals surface area (Å²) in [6.45, 7) is 2.36. The van der Waals surface area contributed by atoms with E-state index < -0.39 is 17.6 Å². The third kappa shape index (κ3) is 3.93. The van der Waals surface area contributed by atoms with Gasteiger partial charge in [-0.05, 0) is 61.0 Å². The molecular weight excluding hydrogens is 423 g/mol. The van der Waals surface area contributed by atoms with Crippen LogP contribution in [0.4, 0.5) is 15.8 Å². The van der Waals surface area contributed by atoms with Gasteiger partial charge in [-0.1, -0.05) is 24.3 Å². The zero-order valence-electron chi connectivity index (χ0n) is 18.5. The first kappa shape index (κ1) is 22.1. The van der Waals surface area contributed by atoms with Crippen molar-refractivity contribution < 1.29 is 23.5 Å². The molecule has 3 aromatic carbocycles. The standard InChI is InChI=1S/C26H23FN2O4/c1-4-28(19-8-6-5-7-9-19)24-23(17-10-15-21(32-2)22(16-17)33-3)25(30)29(26(24)31)20-13-11-18(27)12-14-20/h5-16H,4H2,1-3H3. The minimum Gasteiger partial charge on any atom is -0.493 e. The van der Waals surface area contributed by atoms with Crippen molar-refractivity contribution in [1.29, 1.82) is 0 Å². The number of para-hydroxylation sites is 1. The molecule has 0 aliphatic carbocycles. The topological polar surface area (TPSA) is 59.1 Å². The van der Waals surface area contributed by atoms with Crippen molar-refractivity contribution in [1.82, 2.24) is 0 Å². The number of hydrogen-bond acceptors (Lipinski definition) is 5. The van der Waals surface area contributed by atoms with Crippen LogP contribution in [0.5, 0.6) is 11.5 Å². The smallest absolute Gasteiger partial charge is 0.282 e. The maximum Gasteiger partial charge on any atom is 0.282 e. The minimum atomic E-state index is -0.497. The second-order valence-electron chi connectivity index (χ2n) is 7.30. The van der Waals surface area contributed by atoms with Crippen LogP contribution in [0.3, 0.4) is 0 Å². The number of benzene rings is 3. The summed E-state index contributed by atoms with van der Waals surface area (Å²) in [6, 6.07) is 19.7. The summed E-state index contributed by atoms with van der Waals surface area (Å²) in [6.07, 6.45) is 0. The first-order valence-electron chi connectivity index (χ1n) is 10.4. The monoisotopic (exact) mass is 446 g/mol. The van der Waals surface area contributed by atoms with Crippen molar-refractivity contribution in [2.75, 3.05) is 30.6 Å². The number of hydrogen-bond donors (Lipinski definition) is 0. The molecule has 0 fully saturated rings. The van der Waals surface area contributed by atoms with Crippen molar-refractivity contribution in [3.8, 4) is 11.5 Å². The van der Waals surface area contributed by atoms with E-state index in [0.717, 1.165) is 10.6 Å². The number of likely N-dealkylation sites (N-methyl/N-ethyl adjacent to an activating group) is 1. The van der Waals surface area contributed by atoms with E-state index in [9.17, 15) is 14.0 Å². The Bertz CT molecular complexity index is 1220. The molecule has 0 atom stereocenters. The van der Waals surface area contributed by atoms with Crippen LogP contribution in [0.15, 0.2) is 78.5 Å². The van der Waals surface area contributed by atoms with Crippen molar-refractivity contribution in [2.24, 2.45) is 0 Å². The zero-order valence-corrected chi connectivity index (χ0v) is 18.5. The van der Waals surface area contributed by atoms with Crippen LogP contribution >= 0.6 is 0 Å². The van der Waals surface area contributed by atoms with Gasteiger partial charge >= 0.3 is 0 Å². The third-order valence-electron chi connectivity index (χ3n) is 5.47. The van der Waals surface area contributed by atoms with Gasteiger partial charge in [-0.25, -0.2) is 9.29 Å². The molecular formula is C26H23FN2O4. The number of carbonyl (C=O) groups excluding carboxylic acids is 2. The maximum absolute atomic E-state index is 13.7. The second-order valence-corrected chi connectivity index (χ2v) is 7.30. The molecule has 1 aliphatic rings. The summed E-state index contributed by atoms with van der Waals surface area (Å²) in [5, 5.41) is 0. The molecule has 7 heteroatoms. The molecule has 0 spiro atoms. The maximum atomic E-state index is 13.7. The van der Waals surface area contributed by atoms with E-state index in [1.165, 1.54) is 38.5 Å². The van der Waals surface area contributed by atoms with Gasteiger partial charge in [0.15, 0.2) is 11.5 Å². The molecule has 1 aliphatic heterocycles. The van der Waals surface area contributed by atoms with Crippen LogP contribution in [0.2, 0.25) is 0 Å². The van der Waals surface area contributed by atoms with Gasteiger partial charge in [0.25, 0.3) is 11.8 Å². The Morgan fingerprint density at radius 3 is 2.12 bits per heavy atom. The van der Waals surface area contributed by atoms with Crippen molar-refractivity contribution >= 4 is 28.8 Å². The lowest BCUT2D eigenvalue weighted by atomic mass is 10.0. The summed E-state index contributed by atoms with van der Waals surface area (Å²) in [7, 11) is 3.03. The Morgan fingerprint density at radius 2 is 1.52 bits per heavy atom. The highest BCUT2D eigenvalue weighted by Gasteiger charge is 2.42.